The number of aryl methyl sites for hydroxylation is 2. The van der Waals surface area contributed by atoms with Gasteiger partial charge in [-0.25, -0.2) is 4.98 Å². The molecule has 0 saturated carbocycles. The quantitative estimate of drug-likeness (QED) is 0.881. The van der Waals surface area contributed by atoms with Crippen molar-refractivity contribution in [2.75, 3.05) is 6.54 Å². The van der Waals surface area contributed by atoms with Gasteiger partial charge >= 0.3 is 0 Å². The SMILES string of the molecule is CCNC(Cc1nc(C(C)(C)C)cs1)c1cc(C)oc1C. The standard InChI is InChI=1S/C17H26N2OS/c1-7-18-14(13-8-11(2)20-12(13)3)9-16-19-15(10-21-16)17(4,5)6/h8,10,14,18H,7,9H2,1-6H3. The van der Waals surface area contributed by atoms with Crippen molar-refractivity contribution in [1.82, 2.24) is 10.3 Å². The van der Waals surface area contributed by atoms with Crippen molar-refractivity contribution in [2.45, 2.75) is 59.4 Å². The first-order chi connectivity index (χ1) is 9.81. The van der Waals surface area contributed by atoms with Crippen LogP contribution in [0.1, 0.15) is 61.5 Å². The van der Waals surface area contributed by atoms with Gasteiger partial charge in [-0.2, -0.15) is 0 Å². The minimum atomic E-state index is 0.116. The fourth-order valence-corrected chi connectivity index (χ4v) is 3.53. The Hall–Kier alpha value is -1.13. The van der Waals surface area contributed by atoms with Gasteiger partial charge < -0.3 is 9.73 Å². The zero-order valence-corrected chi connectivity index (χ0v) is 14.7. The van der Waals surface area contributed by atoms with E-state index in [0.29, 0.717) is 0 Å². The molecule has 0 aliphatic heterocycles. The third-order valence-corrected chi connectivity index (χ3v) is 4.48. The van der Waals surface area contributed by atoms with Crippen LogP contribution in [0.25, 0.3) is 0 Å². The highest BCUT2D eigenvalue weighted by molar-refractivity contribution is 7.09. The van der Waals surface area contributed by atoms with Crippen LogP contribution in [0.2, 0.25) is 0 Å². The second kappa shape index (κ2) is 6.32. The summed E-state index contributed by atoms with van der Waals surface area (Å²) in [5.74, 6) is 1.98. The molecule has 2 aromatic heterocycles. The van der Waals surface area contributed by atoms with Crippen molar-refractivity contribution in [2.24, 2.45) is 0 Å². The van der Waals surface area contributed by atoms with Gasteiger partial charge in [-0.15, -0.1) is 11.3 Å². The van der Waals surface area contributed by atoms with E-state index in [0.717, 1.165) is 24.5 Å². The molecule has 2 heterocycles. The lowest BCUT2D eigenvalue weighted by atomic mass is 9.93. The summed E-state index contributed by atoms with van der Waals surface area (Å²) in [6, 6.07) is 2.41. The van der Waals surface area contributed by atoms with Gasteiger partial charge in [0.25, 0.3) is 0 Å². The minimum Gasteiger partial charge on any atom is -0.466 e. The smallest absolute Gasteiger partial charge is 0.105 e. The molecular weight excluding hydrogens is 280 g/mol. The van der Waals surface area contributed by atoms with Crippen LogP contribution in [0.3, 0.4) is 0 Å². The molecule has 0 aliphatic carbocycles. The van der Waals surface area contributed by atoms with Gasteiger partial charge in [0.05, 0.1) is 10.7 Å². The number of hydrogen-bond acceptors (Lipinski definition) is 4. The molecule has 0 aliphatic rings. The summed E-state index contributed by atoms with van der Waals surface area (Å²) in [5.41, 5.74) is 2.55. The second-order valence-corrected chi connectivity index (χ2v) is 7.50. The van der Waals surface area contributed by atoms with Crippen molar-refractivity contribution < 1.29 is 4.42 Å². The van der Waals surface area contributed by atoms with Crippen molar-refractivity contribution in [1.29, 1.82) is 0 Å². The lowest BCUT2D eigenvalue weighted by Gasteiger charge is -2.17. The molecule has 2 rings (SSSR count). The molecule has 0 aromatic carbocycles. The Morgan fingerprint density at radius 1 is 1.33 bits per heavy atom. The maximum Gasteiger partial charge on any atom is 0.105 e. The highest BCUT2D eigenvalue weighted by atomic mass is 32.1. The Bertz CT molecular complexity index is 592. The van der Waals surface area contributed by atoms with Gasteiger partial charge in [0.2, 0.25) is 0 Å². The summed E-state index contributed by atoms with van der Waals surface area (Å²) in [6.07, 6.45) is 0.911. The summed E-state index contributed by atoms with van der Waals surface area (Å²) in [6.45, 7) is 13.7. The lowest BCUT2D eigenvalue weighted by molar-refractivity contribution is 0.483. The minimum absolute atomic E-state index is 0.116. The highest BCUT2D eigenvalue weighted by Gasteiger charge is 2.21. The van der Waals surface area contributed by atoms with Crippen LogP contribution in [0.5, 0.6) is 0 Å². The van der Waals surface area contributed by atoms with Crippen molar-refractivity contribution in [3.8, 4) is 0 Å². The topological polar surface area (TPSA) is 38.1 Å². The molecule has 0 spiro atoms. The van der Waals surface area contributed by atoms with Crippen molar-refractivity contribution in [3.05, 3.63) is 39.2 Å². The zero-order chi connectivity index (χ0) is 15.6. The van der Waals surface area contributed by atoms with E-state index in [1.807, 2.05) is 13.8 Å². The summed E-state index contributed by atoms with van der Waals surface area (Å²) in [4.78, 5) is 4.81. The molecule has 3 nitrogen and oxygen atoms in total. The highest BCUT2D eigenvalue weighted by Crippen LogP contribution is 2.28. The van der Waals surface area contributed by atoms with E-state index in [4.69, 9.17) is 9.40 Å². The Kier molecular flexibility index (Phi) is 4.89. The van der Waals surface area contributed by atoms with E-state index in [1.165, 1.54) is 16.3 Å². The monoisotopic (exact) mass is 306 g/mol. The largest absolute Gasteiger partial charge is 0.466 e. The van der Waals surface area contributed by atoms with E-state index < -0.39 is 0 Å². The van der Waals surface area contributed by atoms with E-state index in [2.05, 4.69) is 44.5 Å². The number of nitrogens with zero attached hydrogens (tertiary/aromatic N) is 1. The molecule has 0 radical (unpaired) electrons. The molecule has 116 valence electrons. The van der Waals surface area contributed by atoms with Crippen LogP contribution in [0.4, 0.5) is 0 Å². The number of thiazole rings is 1. The first kappa shape index (κ1) is 16.2. The van der Waals surface area contributed by atoms with Crippen LogP contribution in [-0.2, 0) is 11.8 Å². The molecule has 0 saturated heterocycles. The third kappa shape index (κ3) is 3.95. The third-order valence-electron chi connectivity index (χ3n) is 3.60. The summed E-state index contributed by atoms with van der Waals surface area (Å²) in [5, 5.41) is 6.93. The molecule has 0 bridgehead atoms. The lowest BCUT2D eigenvalue weighted by Crippen LogP contribution is -2.23. The van der Waals surface area contributed by atoms with E-state index in [1.54, 1.807) is 11.3 Å². The molecule has 1 unspecified atom stereocenters. The van der Waals surface area contributed by atoms with Gasteiger partial charge in [-0.3, -0.25) is 0 Å². The van der Waals surface area contributed by atoms with Crippen molar-refractivity contribution in [3.63, 3.8) is 0 Å². The predicted molar refractivity (Wildman–Crippen MR) is 89.1 cm³/mol. The second-order valence-electron chi connectivity index (χ2n) is 6.56. The Morgan fingerprint density at radius 3 is 2.52 bits per heavy atom. The zero-order valence-electron chi connectivity index (χ0n) is 13.9. The summed E-state index contributed by atoms with van der Waals surface area (Å²) in [7, 11) is 0. The fourth-order valence-electron chi connectivity index (χ4n) is 2.46. The number of nitrogens with one attached hydrogen (secondary N) is 1. The summed E-state index contributed by atoms with van der Waals surface area (Å²) >= 11 is 1.76. The van der Waals surface area contributed by atoms with Gasteiger partial charge in [-0.05, 0) is 26.5 Å². The van der Waals surface area contributed by atoms with Gasteiger partial charge in [0.15, 0.2) is 0 Å². The average molecular weight is 306 g/mol. The molecule has 1 atom stereocenters. The number of furan rings is 1. The first-order valence-electron chi connectivity index (χ1n) is 7.56. The molecule has 21 heavy (non-hydrogen) atoms. The summed E-state index contributed by atoms with van der Waals surface area (Å²) < 4.78 is 5.68. The van der Waals surface area contributed by atoms with E-state index >= 15 is 0 Å². The van der Waals surface area contributed by atoms with Crippen LogP contribution in [0, 0.1) is 13.8 Å². The molecule has 4 heteroatoms. The predicted octanol–water partition coefficient (Wildman–Crippen LogP) is 4.54. The number of likely N-dealkylation sites (N-methyl/N-ethyl adjacent to an activating group) is 1. The molecular formula is C17H26N2OS. The Balaban J connectivity index is 2.20. The molecule has 0 amide bonds. The maximum absolute atomic E-state index is 5.68. The van der Waals surface area contributed by atoms with Crippen molar-refractivity contribution >= 4 is 11.3 Å². The number of rotatable bonds is 5. The number of hydrogen-bond donors (Lipinski definition) is 1. The molecule has 2 aromatic rings. The van der Waals surface area contributed by atoms with E-state index in [9.17, 15) is 0 Å². The van der Waals surface area contributed by atoms with E-state index in [-0.39, 0.29) is 11.5 Å². The van der Waals surface area contributed by atoms with Gasteiger partial charge in [0.1, 0.15) is 11.5 Å². The Labute approximate surface area is 131 Å². The van der Waals surface area contributed by atoms with Crippen LogP contribution >= 0.6 is 11.3 Å². The molecule has 0 fully saturated rings. The van der Waals surface area contributed by atoms with Gasteiger partial charge in [-0.1, -0.05) is 27.7 Å². The van der Waals surface area contributed by atoms with Crippen LogP contribution in [-0.4, -0.2) is 11.5 Å². The van der Waals surface area contributed by atoms with Gasteiger partial charge in [0, 0.05) is 28.8 Å². The normalized spacial score (nSPS) is 13.6. The number of aromatic nitrogens is 1. The van der Waals surface area contributed by atoms with Crippen LogP contribution in [0.15, 0.2) is 15.9 Å². The Morgan fingerprint density at radius 2 is 2.05 bits per heavy atom. The molecule has 1 N–H and O–H groups in total. The average Bonchev–Trinajstić information content (AvgIpc) is 2.95. The van der Waals surface area contributed by atoms with Crippen LogP contribution < -0.4 is 5.32 Å². The maximum atomic E-state index is 5.68. The fraction of sp³-hybridized carbons (Fsp3) is 0.588. The first-order valence-corrected chi connectivity index (χ1v) is 8.44.